The van der Waals surface area contributed by atoms with E-state index < -0.39 is 0 Å². The third-order valence-electron chi connectivity index (χ3n) is 5.29. The van der Waals surface area contributed by atoms with Crippen molar-refractivity contribution in [3.63, 3.8) is 0 Å². The van der Waals surface area contributed by atoms with E-state index in [1.807, 2.05) is 6.07 Å². The quantitative estimate of drug-likeness (QED) is 0.554. The van der Waals surface area contributed by atoms with Gasteiger partial charge in [-0.05, 0) is 42.5 Å². The fourth-order valence-corrected chi connectivity index (χ4v) is 3.92. The second kappa shape index (κ2) is 7.31. The molecule has 3 heterocycles. The lowest BCUT2D eigenvalue weighted by atomic mass is 10.0. The molecule has 4 aromatic rings. The average Bonchev–Trinajstić information content (AvgIpc) is 3.17. The fourth-order valence-electron chi connectivity index (χ4n) is 3.92. The minimum atomic E-state index is 0.570. The Morgan fingerprint density at radius 1 is 1.07 bits per heavy atom. The summed E-state index contributed by atoms with van der Waals surface area (Å²) in [5.74, 6) is 1.41. The maximum atomic E-state index is 4.71. The Bertz CT molecular complexity index is 1100. The van der Waals surface area contributed by atoms with Crippen molar-refractivity contribution in [2.45, 2.75) is 19.3 Å². The molecule has 0 amide bonds. The Hall–Kier alpha value is -3.41. The van der Waals surface area contributed by atoms with Gasteiger partial charge in [0, 0.05) is 35.9 Å². The summed E-state index contributed by atoms with van der Waals surface area (Å²) in [5.41, 5.74) is 5.04. The van der Waals surface area contributed by atoms with E-state index in [1.165, 1.54) is 27.7 Å². The van der Waals surface area contributed by atoms with E-state index >= 15 is 0 Å². The zero-order valence-electron chi connectivity index (χ0n) is 15.6. The van der Waals surface area contributed by atoms with Crippen LogP contribution in [0.1, 0.15) is 17.5 Å². The fraction of sp³-hybridized carbons (Fsp3) is 0.227. The Labute approximate surface area is 163 Å². The van der Waals surface area contributed by atoms with Gasteiger partial charge in [0.05, 0.1) is 6.20 Å². The minimum absolute atomic E-state index is 0.570. The van der Waals surface area contributed by atoms with E-state index in [1.54, 1.807) is 6.20 Å². The molecule has 0 unspecified atom stereocenters. The van der Waals surface area contributed by atoms with Crippen LogP contribution in [0.4, 0.5) is 17.5 Å². The predicted octanol–water partition coefficient (Wildman–Crippen LogP) is 4.09. The summed E-state index contributed by atoms with van der Waals surface area (Å²) in [6.45, 7) is 1.70. The van der Waals surface area contributed by atoms with E-state index in [0.717, 1.165) is 38.2 Å². The van der Waals surface area contributed by atoms with Crippen molar-refractivity contribution in [3.8, 4) is 0 Å². The first-order chi connectivity index (χ1) is 13.9. The number of hydrogen-bond donors (Lipinski definition) is 2. The molecule has 0 saturated heterocycles. The number of aryl methyl sites for hydroxylation is 1. The zero-order chi connectivity index (χ0) is 18.8. The van der Waals surface area contributed by atoms with Gasteiger partial charge < -0.3 is 15.2 Å². The van der Waals surface area contributed by atoms with Gasteiger partial charge in [-0.2, -0.15) is 10.1 Å². The van der Waals surface area contributed by atoms with Gasteiger partial charge >= 0.3 is 0 Å². The second-order valence-electron chi connectivity index (χ2n) is 7.06. The van der Waals surface area contributed by atoms with Gasteiger partial charge in [0.2, 0.25) is 5.95 Å². The van der Waals surface area contributed by atoms with Gasteiger partial charge in [-0.3, -0.25) is 0 Å². The van der Waals surface area contributed by atoms with Crippen LogP contribution in [0.3, 0.4) is 0 Å². The molecule has 0 saturated carbocycles. The lowest BCUT2D eigenvalue weighted by Crippen LogP contribution is -2.26. The monoisotopic (exact) mass is 370 g/mol. The number of aromatic nitrogens is 4. The molecular formula is C22H22N6. The smallest absolute Gasteiger partial charge is 0.244 e. The largest absolute Gasteiger partial charge is 0.361 e. The molecule has 6 heteroatoms. The van der Waals surface area contributed by atoms with E-state index in [0.29, 0.717) is 5.95 Å². The highest BCUT2D eigenvalue weighted by atomic mass is 15.3. The third-order valence-corrected chi connectivity index (χ3v) is 5.29. The van der Waals surface area contributed by atoms with E-state index in [9.17, 15) is 0 Å². The highest BCUT2D eigenvalue weighted by Gasteiger charge is 2.19. The third kappa shape index (κ3) is 3.17. The summed E-state index contributed by atoms with van der Waals surface area (Å²) in [4.78, 5) is 10.3. The SMILES string of the molecule is c1ccc2c(c1)CCCN2c1cnnc(NCCc2c[nH]c3ccccc23)n1. The first-order valence-corrected chi connectivity index (χ1v) is 9.72. The molecule has 0 bridgehead atoms. The van der Waals surface area contributed by atoms with E-state index in [4.69, 9.17) is 4.98 Å². The van der Waals surface area contributed by atoms with Crippen molar-refractivity contribution in [2.75, 3.05) is 23.3 Å². The summed E-state index contributed by atoms with van der Waals surface area (Å²) < 4.78 is 0. The lowest BCUT2D eigenvalue weighted by Gasteiger charge is -2.30. The van der Waals surface area contributed by atoms with Crippen LogP contribution in [-0.4, -0.2) is 33.3 Å². The first kappa shape index (κ1) is 16.7. The molecule has 0 atom stereocenters. The summed E-state index contributed by atoms with van der Waals surface area (Å²) in [6, 6.07) is 16.9. The van der Waals surface area contributed by atoms with Crippen LogP contribution in [0.2, 0.25) is 0 Å². The van der Waals surface area contributed by atoms with Gasteiger partial charge in [-0.25, -0.2) is 0 Å². The number of benzene rings is 2. The molecule has 0 fully saturated rings. The first-order valence-electron chi connectivity index (χ1n) is 9.72. The number of fused-ring (bicyclic) bond motifs is 2. The molecular weight excluding hydrogens is 348 g/mol. The van der Waals surface area contributed by atoms with Gasteiger partial charge in [0.1, 0.15) is 0 Å². The normalized spacial score (nSPS) is 13.5. The van der Waals surface area contributed by atoms with Crippen molar-refractivity contribution < 1.29 is 0 Å². The Morgan fingerprint density at radius 3 is 2.96 bits per heavy atom. The molecule has 2 aromatic heterocycles. The number of H-pyrrole nitrogens is 1. The highest BCUT2D eigenvalue weighted by molar-refractivity contribution is 5.83. The summed E-state index contributed by atoms with van der Waals surface area (Å²) in [5, 5.41) is 12.9. The van der Waals surface area contributed by atoms with Crippen LogP contribution in [0.15, 0.2) is 60.9 Å². The molecule has 0 aliphatic carbocycles. The second-order valence-corrected chi connectivity index (χ2v) is 7.06. The number of nitrogens with one attached hydrogen (secondary N) is 2. The van der Waals surface area contributed by atoms with Crippen LogP contribution >= 0.6 is 0 Å². The van der Waals surface area contributed by atoms with Crippen LogP contribution in [0, 0.1) is 0 Å². The zero-order valence-corrected chi connectivity index (χ0v) is 15.6. The summed E-state index contributed by atoms with van der Waals surface area (Å²) >= 11 is 0. The topological polar surface area (TPSA) is 69.7 Å². The molecule has 5 rings (SSSR count). The van der Waals surface area contributed by atoms with Crippen LogP contribution in [0.5, 0.6) is 0 Å². The molecule has 0 spiro atoms. The van der Waals surface area contributed by atoms with Crippen molar-refractivity contribution in [1.82, 2.24) is 20.2 Å². The number of aromatic amines is 1. The van der Waals surface area contributed by atoms with Crippen molar-refractivity contribution >= 4 is 28.4 Å². The summed E-state index contributed by atoms with van der Waals surface area (Å²) in [6.07, 6.45) is 6.94. The van der Waals surface area contributed by atoms with Crippen LogP contribution < -0.4 is 10.2 Å². The number of para-hydroxylation sites is 2. The molecule has 1 aliphatic heterocycles. The molecule has 0 radical (unpaired) electrons. The standard InChI is InChI=1S/C22H22N6/c1-4-10-20-16(6-1)7-5-13-28(20)21-15-25-27-22(26-21)23-12-11-17-14-24-19-9-3-2-8-18(17)19/h1-4,6,8-10,14-15,24H,5,7,11-13H2,(H,23,26,27). The molecule has 2 aromatic carbocycles. The Kier molecular flexibility index (Phi) is 4.37. The van der Waals surface area contributed by atoms with E-state index in [-0.39, 0.29) is 0 Å². The summed E-state index contributed by atoms with van der Waals surface area (Å²) in [7, 11) is 0. The average molecular weight is 370 g/mol. The van der Waals surface area contributed by atoms with Crippen molar-refractivity contribution in [1.29, 1.82) is 0 Å². The number of nitrogens with zero attached hydrogens (tertiary/aromatic N) is 4. The maximum absolute atomic E-state index is 4.71. The van der Waals surface area contributed by atoms with Crippen molar-refractivity contribution in [2.24, 2.45) is 0 Å². The number of rotatable bonds is 5. The molecule has 6 nitrogen and oxygen atoms in total. The Morgan fingerprint density at radius 2 is 1.96 bits per heavy atom. The van der Waals surface area contributed by atoms with Gasteiger partial charge in [0.25, 0.3) is 0 Å². The molecule has 28 heavy (non-hydrogen) atoms. The molecule has 2 N–H and O–H groups in total. The highest BCUT2D eigenvalue weighted by Crippen LogP contribution is 2.31. The number of hydrogen-bond acceptors (Lipinski definition) is 5. The van der Waals surface area contributed by atoms with Crippen LogP contribution in [-0.2, 0) is 12.8 Å². The van der Waals surface area contributed by atoms with Gasteiger partial charge in [-0.15, -0.1) is 5.10 Å². The van der Waals surface area contributed by atoms with Gasteiger partial charge in [0.15, 0.2) is 5.82 Å². The Balaban J connectivity index is 1.30. The molecule has 1 aliphatic rings. The van der Waals surface area contributed by atoms with Crippen LogP contribution in [0.25, 0.3) is 10.9 Å². The van der Waals surface area contributed by atoms with Crippen molar-refractivity contribution in [3.05, 3.63) is 72.1 Å². The molecule has 140 valence electrons. The lowest BCUT2D eigenvalue weighted by molar-refractivity contribution is 0.754. The number of anilines is 3. The maximum Gasteiger partial charge on any atom is 0.244 e. The van der Waals surface area contributed by atoms with E-state index in [2.05, 4.69) is 74.1 Å². The van der Waals surface area contributed by atoms with Gasteiger partial charge in [-0.1, -0.05) is 36.4 Å². The predicted molar refractivity (Wildman–Crippen MR) is 112 cm³/mol. The minimum Gasteiger partial charge on any atom is -0.361 e.